The molecule has 1 saturated heterocycles. The van der Waals surface area contributed by atoms with Gasteiger partial charge in [-0.1, -0.05) is 17.3 Å². The number of aromatic nitrogens is 2. The summed E-state index contributed by atoms with van der Waals surface area (Å²) in [4.78, 5) is 19.5. The Kier molecular flexibility index (Phi) is 6.06. The van der Waals surface area contributed by atoms with Crippen LogP contribution in [0.1, 0.15) is 34.9 Å². The minimum absolute atomic E-state index is 0.00468. The number of ether oxygens (including phenoxy) is 3. The number of hydrogen-bond donors (Lipinski definition) is 0. The van der Waals surface area contributed by atoms with Gasteiger partial charge in [0.25, 0.3) is 11.8 Å². The lowest BCUT2D eigenvalue weighted by Gasteiger charge is -2.31. The molecule has 0 bridgehead atoms. The van der Waals surface area contributed by atoms with Crippen molar-refractivity contribution < 1.29 is 23.5 Å². The Hall–Kier alpha value is -3.55. The first kappa shape index (κ1) is 20.7. The summed E-state index contributed by atoms with van der Waals surface area (Å²) in [7, 11) is 4.73. The minimum atomic E-state index is -0.0564. The zero-order valence-electron chi connectivity index (χ0n) is 17.8. The summed E-state index contributed by atoms with van der Waals surface area (Å²) in [5, 5.41) is 4.19. The number of para-hydroxylation sites is 1. The largest absolute Gasteiger partial charge is 0.496 e. The van der Waals surface area contributed by atoms with Crippen LogP contribution in [0, 0.1) is 0 Å². The van der Waals surface area contributed by atoms with Gasteiger partial charge in [-0.15, -0.1) is 0 Å². The van der Waals surface area contributed by atoms with E-state index in [1.807, 2.05) is 29.2 Å². The van der Waals surface area contributed by atoms with Crippen LogP contribution in [0.2, 0.25) is 0 Å². The molecule has 4 rings (SSSR count). The topological polar surface area (TPSA) is 86.9 Å². The van der Waals surface area contributed by atoms with E-state index < -0.39 is 0 Å². The second-order valence-corrected chi connectivity index (χ2v) is 7.32. The van der Waals surface area contributed by atoms with E-state index in [0.29, 0.717) is 47.6 Å². The van der Waals surface area contributed by atoms with Crippen molar-refractivity contribution in [3.8, 4) is 28.7 Å². The highest BCUT2D eigenvalue weighted by molar-refractivity contribution is 5.95. The maximum absolute atomic E-state index is 13.1. The van der Waals surface area contributed by atoms with Crippen LogP contribution in [0.25, 0.3) is 11.5 Å². The van der Waals surface area contributed by atoms with Gasteiger partial charge in [0.2, 0.25) is 0 Å². The van der Waals surface area contributed by atoms with Crippen molar-refractivity contribution in [1.29, 1.82) is 0 Å². The Morgan fingerprint density at radius 2 is 1.81 bits per heavy atom. The summed E-state index contributed by atoms with van der Waals surface area (Å²) in [5.41, 5.74) is 1.30. The van der Waals surface area contributed by atoms with Crippen LogP contribution in [0.15, 0.2) is 47.0 Å². The fourth-order valence-corrected chi connectivity index (χ4v) is 3.86. The van der Waals surface area contributed by atoms with E-state index in [1.165, 1.54) is 0 Å². The average molecular weight is 423 g/mol. The maximum Gasteiger partial charge on any atom is 0.261 e. The predicted octanol–water partition coefficient (Wildman–Crippen LogP) is 3.78. The number of likely N-dealkylation sites (tertiary alicyclic amines) is 1. The van der Waals surface area contributed by atoms with Crippen molar-refractivity contribution in [3.63, 3.8) is 0 Å². The molecule has 1 aliphatic rings. The molecule has 0 saturated carbocycles. The highest BCUT2D eigenvalue weighted by Crippen LogP contribution is 2.32. The van der Waals surface area contributed by atoms with Gasteiger partial charge in [-0.3, -0.25) is 4.79 Å². The second kappa shape index (κ2) is 9.07. The molecule has 0 unspecified atom stereocenters. The molecule has 0 N–H and O–H groups in total. The highest BCUT2D eigenvalue weighted by atomic mass is 16.5. The number of hydrogen-bond acceptors (Lipinski definition) is 7. The number of nitrogens with zero attached hydrogens (tertiary/aromatic N) is 3. The number of amides is 1. The molecule has 2 aromatic carbocycles. The lowest BCUT2D eigenvalue weighted by Crippen LogP contribution is -2.39. The zero-order chi connectivity index (χ0) is 21.8. The molecule has 0 radical (unpaired) electrons. The summed E-state index contributed by atoms with van der Waals surface area (Å²) in [6.07, 6.45) is 1.75. The predicted molar refractivity (Wildman–Crippen MR) is 114 cm³/mol. The van der Waals surface area contributed by atoms with Crippen molar-refractivity contribution >= 4 is 5.91 Å². The third kappa shape index (κ3) is 4.19. The van der Waals surface area contributed by atoms with Crippen molar-refractivity contribution in [2.45, 2.75) is 18.8 Å². The van der Waals surface area contributed by atoms with Crippen LogP contribution in [-0.2, 0) is 0 Å². The molecule has 162 valence electrons. The van der Waals surface area contributed by atoms with Crippen LogP contribution in [-0.4, -0.2) is 55.4 Å². The Bertz CT molecular complexity index is 1060. The van der Waals surface area contributed by atoms with Gasteiger partial charge in [0.1, 0.15) is 5.75 Å². The Morgan fingerprint density at radius 3 is 2.58 bits per heavy atom. The molecule has 1 amide bonds. The van der Waals surface area contributed by atoms with Crippen molar-refractivity contribution in [2.24, 2.45) is 0 Å². The first-order chi connectivity index (χ1) is 15.1. The first-order valence-electron chi connectivity index (χ1n) is 10.1. The van der Waals surface area contributed by atoms with Gasteiger partial charge in [-0.05, 0) is 43.2 Å². The van der Waals surface area contributed by atoms with Gasteiger partial charge < -0.3 is 23.6 Å². The van der Waals surface area contributed by atoms with E-state index in [9.17, 15) is 4.79 Å². The Balaban J connectivity index is 1.52. The lowest BCUT2D eigenvalue weighted by molar-refractivity contribution is 0.0703. The Morgan fingerprint density at radius 1 is 1.03 bits per heavy atom. The van der Waals surface area contributed by atoms with Crippen LogP contribution < -0.4 is 14.2 Å². The molecule has 1 aliphatic heterocycles. The first-order valence-corrected chi connectivity index (χ1v) is 10.1. The third-order valence-electron chi connectivity index (χ3n) is 5.48. The number of carbonyl (C=O) groups excluding carboxylic acids is 1. The van der Waals surface area contributed by atoms with E-state index in [1.54, 1.807) is 39.5 Å². The van der Waals surface area contributed by atoms with E-state index in [-0.39, 0.29) is 11.8 Å². The number of benzene rings is 2. The van der Waals surface area contributed by atoms with Gasteiger partial charge in [0, 0.05) is 24.6 Å². The molecule has 2 heterocycles. The Labute approximate surface area is 180 Å². The van der Waals surface area contributed by atoms with Gasteiger partial charge in [-0.2, -0.15) is 4.98 Å². The molecule has 3 aromatic rings. The molecular weight excluding hydrogens is 398 g/mol. The minimum Gasteiger partial charge on any atom is -0.496 e. The zero-order valence-corrected chi connectivity index (χ0v) is 17.8. The van der Waals surface area contributed by atoms with E-state index in [4.69, 9.17) is 18.7 Å². The van der Waals surface area contributed by atoms with Crippen molar-refractivity contribution in [2.75, 3.05) is 34.4 Å². The smallest absolute Gasteiger partial charge is 0.261 e. The van der Waals surface area contributed by atoms with Gasteiger partial charge >= 0.3 is 0 Å². The molecule has 0 aliphatic carbocycles. The van der Waals surface area contributed by atoms with Crippen LogP contribution in [0.4, 0.5) is 0 Å². The lowest BCUT2D eigenvalue weighted by atomic mass is 9.96. The van der Waals surface area contributed by atoms with Crippen LogP contribution in [0.3, 0.4) is 0 Å². The SMILES string of the molecule is COc1ccc(C(=O)N2CCC[C@H](c3noc(-c4ccccc4OC)n3)C2)cc1OC. The summed E-state index contributed by atoms with van der Waals surface area (Å²) < 4.78 is 21.5. The molecule has 1 atom stereocenters. The van der Waals surface area contributed by atoms with Crippen molar-refractivity contribution in [1.82, 2.24) is 15.0 Å². The van der Waals surface area contributed by atoms with Crippen molar-refractivity contribution in [3.05, 3.63) is 53.9 Å². The van der Waals surface area contributed by atoms with Gasteiger partial charge in [0.05, 0.1) is 26.9 Å². The summed E-state index contributed by atoms with van der Waals surface area (Å²) in [5.74, 6) is 2.75. The average Bonchev–Trinajstić information content (AvgIpc) is 3.33. The molecule has 8 nitrogen and oxygen atoms in total. The summed E-state index contributed by atoms with van der Waals surface area (Å²) >= 11 is 0. The quantitative estimate of drug-likeness (QED) is 0.596. The molecular formula is C23H25N3O5. The standard InChI is InChI=1S/C23H25N3O5/c1-28-18-9-5-4-8-17(18)22-24-21(25-31-22)16-7-6-12-26(14-16)23(27)15-10-11-19(29-2)20(13-15)30-3/h4-5,8-11,13,16H,6-7,12,14H2,1-3H3/t16-/m0/s1. The number of piperidine rings is 1. The summed E-state index contributed by atoms with van der Waals surface area (Å²) in [6, 6.07) is 12.7. The third-order valence-corrected chi connectivity index (χ3v) is 5.48. The monoisotopic (exact) mass is 423 g/mol. The number of rotatable bonds is 6. The highest BCUT2D eigenvalue weighted by Gasteiger charge is 2.29. The fourth-order valence-electron chi connectivity index (χ4n) is 3.86. The molecule has 8 heteroatoms. The van der Waals surface area contributed by atoms with E-state index in [0.717, 1.165) is 18.4 Å². The fraction of sp³-hybridized carbons (Fsp3) is 0.348. The van der Waals surface area contributed by atoms with E-state index >= 15 is 0 Å². The van der Waals surface area contributed by atoms with Gasteiger partial charge in [-0.25, -0.2) is 0 Å². The molecule has 0 spiro atoms. The molecule has 31 heavy (non-hydrogen) atoms. The van der Waals surface area contributed by atoms with E-state index in [2.05, 4.69) is 10.1 Å². The van der Waals surface area contributed by atoms with Crippen LogP contribution in [0.5, 0.6) is 17.2 Å². The number of methoxy groups -OCH3 is 3. The number of carbonyl (C=O) groups is 1. The molecule has 1 aromatic heterocycles. The summed E-state index contributed by atoms with van der Waals surface area (Å²) in [6.45, 7) is 1.21. The maximum atomic E-state index is 13.1. The van der Waals surface area contributed by atoms with Crippen LogP contribution >= 0.6 is 0 Å². The second-order valence-electron chi connectivity index (χ2n) is 7.32. The molecule has 1 fully saturated rings. The normalized spacial score (nSPS) is 16.1. The van der Waals surface area contributed by atoms with Gasteiger partial charge in [0.15, 0.2) is 17.3 Å².